The number of amides is 1. The maximum Gasteiger partial charge on any atom is 0.311 e. The highest BCUT2D eigenvalue weighted by Gasteiger charge is 2.18. The van der Waals surface area contributed by atoms with Crippen LogP contribution in [0.15, 0.2) is 48.5 Å². The minimum absolute atomic E-state index is 0.0327. The molecular formula is C17H15ClFNO3. The lowest BCUT2D eigenvalue weighted by Crippen LogP contribution is -2.30. The Bertz CT molecular complexity index is 703. The van der Waals surface area contributed by atoms with E-state index in [1.54, 1.807) is 24.3 Å². The summed E-state index contributed by atoms with van der Waals surface area (Å²) in [6, 6.07) is 12.2. The van der Waals surface area contributed by atoms with Crippen molar-refractivity contribution in [2.24, 2.45) is 0 Å². The second kappa shape index (κ2) is 7.74. The van der Waals surface area contributed by atoms with Gasteiger partial charge in [0.15, 0.2) is 6.10 Å². The monoisotopic (exact) mass is 335 g/mol. The van der Waals surface area contributed by atoms with Crippen molar-refractivity contribution < 1.29 is 18.7 Å². The number of anilines is 1. The number of rotatable bonds is 5. The average molecular weight is 336 g/mol. The molecule has 2 aromatic carbocycles. The highest BCUT2D eigenvalue weighted by molar-refractivity contribution is 6.30. The van der Waals surface area contributed by atoms with Crippen LogP contribution < -0.4 is 5.32 Å². The van der Waals surface area contributed by atoms with Gasteiger partial charge in [0, 0.05) is 10.7 Å². The molecule has 0 radical (unpaired) electrons. The predicted molar refractivity (Wildman–Crippen MR) is 85.7 cm³/mol. The SMILES string of the molecule is C[C@H](OC(=O)Cc1ccc(F)cc1)C(=O)Nc1cccc(Cl)c1. The van der Waals surface area contributed by atoms with E-state index in [1.165, 1.54) is 31.2 Å². The molecule has 0 fully saturated rings. The van der Waals surface area contributed by atoms with Crippen molar-refractivity contribution >= 4 is 29.2 Å². The highest BCUT2D eigenvalue weighted by Crippen LogP contribution is 2.15. The van der Waals surface area contributed by atoms with E-state index in [2.05, 4.69) is 5.32 Å². The maximum absolute atomic E-state index is 12.8. The Morgan fingerprint density at radius 1 is 1.22 bits per heavy atom. The van der Waals surface area contributed by atoms with Crippen LogP contribution in [0.25, 0.3) is 0 Å². The van der Waals surface area contributed by atoms with Gasteiger partial charge in [-0.05, 0) is 42.8 Å². The van der Waals surface area contributed by atoms with E-state index in [0.29, 0.717) is 16.3 Å². The van der Waals surface area contributed by atoms with Gasteiger partial charge in [-0.15, -0.1) is 0 Å². The predicted octanol–water partition coefficient (Wildman–Crippen LogP) is 3.59. The number of ether oxygens (including phenoxy) is 1. The summed E-state index contributed by atoms with van der Waals surface area (Å²) >= 11 is 5.83. The molecule has 4 nitrogen and oxygen atoms in total. The Morgan fingerprint density at radius 3 is 2.57 bits per heavy atom. The average Bonchev–Trinajstić information content (AvgIpc) is 2.49. The van der Waals surface area contributed by atoms with Gasteiger partial charge in [-0.3, -0.25) is 9.59 Å². The summed E-state index contributed by atoms with van der Waals surface area (Å²) in [4.78, 5) is 23.8. The van der Waals surface area contributed by atoms with Gasteiger partial charge in [0.25, 0.3) is 5.91 Å². The number of hydrogen-bond donors (Lipinski definition) is 1. The Labute approximate surface area is 138 Å². The molecule has 0 spiro atoms. The minimum Gasteiger partial charge on any atom is -0.452 e. The maximum atomic E-state index is 12.8. The number of carbonyl (C=O) groups excluding carboxylic acids is 2. The summed E-state index contributed by atoms with van der Waals surface area (Å²) < 4.78 is 17.9. The fourth-order valence-corrected chi connectivity index (χ4v) is 2.06. The van der Waals surface area contributed by atoms with E-state index in [4.69, 9.17) is 16.3 Å². The van der Waals surface area contributed by atoms with Crippen LogP contribution >= 0.6 is 11.6 Å². The molecule has 23 heavy (non-hydrogen) atoms. The van der Waals surface area contributed by atoms with Gasteiger partial charge >= 0.3 is 5.97 Å². The number of carbonyl (C=O) groups is 2. The lowest BCUT2D eigenvalue weighted by atomic mass is 10.1. The Balaban J connectivity index is 1.87. The van der Waals surface area contributed by atoms with Crippen LogP contribution in [0.5, 0.6) is 0 Å². The number of hydrogen-bond acceptors (Lipinski definition) is 3. The molecule has 0 aromatic heterocycles. The van der Waals surface area contributed by atoms with Gasteiger partial charge in [-0.2, -0.15) is 0 Å². The highest BCUT2D eigenvalue weighted by atomic mass is 35.5. The van der Waals surface area contributed by atoms with Crippen LogP contribution in [0.4, 0.5) is 10.1 Å². The van der Waals surface area contributed by atoms with Crippen LogP contribution in [0.2, 0.25) is 5.02 Å². The van der Waals surface area contributed by atoms with Crippen LogP contribution in [-0.4, -0.2) is 18.0 Å². The third kappa shape index (κ3) is 5.38. The summed E-state index contributed by atoms with van der Waals surface area (Å²) in [6.07, 6.45) is -0.989. The first-order chi connectivity index (χ1) is 10.9. The summed E-state index contributed by atoms with van der Waals surface area (Å²) in [5.74, 6) is -1.40. The second-order valence-electron chi connectivity index (χ2n) is 4.93. The molecule has 1 amide bonds. The lowest BCUT2D eigenvalue weighted by Gasteiger charge is -2.13. The van der Waals surface area contributed by atoms with Crippen molar-refractivity contribution in [1.82, 2.24) is 0 Å². The van der Waals surface area contributed by atoms with Gasteiger partial charge < -0.3 is 10.1 Å². The summed E-state index contributed by atoms with van der Waals surface area (Å²) in [7, 11) is 0. The van der Waals surface area contributed by atoms with Crippen molar-refractivity contribution in [1.29, 1.82) is 0 Å². The summed E-state index contributed by atoms with van der Waals surface area (Å²) in [5, 5.41) is 3.10. The van der Waals surface area contributed by atoms with E-state index in [0.717, 1.165) is 0 Å². The number of benzene rings is 2. The van der Waals surface area contributed by atoms with Gasteiger partial charge in [0.05, 0.1) is 6.42 Å². The van der Waals surface area contributed by atoms with Crippen LogP contribution in [0.3, 0.4) is 0 Å². The fraction of sp³-hybridized carbons (Fsp3) is 0.176. The smallest absolute Gasteiger partial charge is 0.311 e. The molecule has 0 bridgehead atoms. The molecule has 0 saturated heterocycles. The molecule has 1 atom stereocenters. The molecule has 6 heteroatoms. The van der Waals surface area contributed by atoms with E-state index < -0.39 is 18.0 Å². The first-order valence-corrected chi connectivity index (χ1v) is 7.32. The van der Waals surface area contributed by atoms with E-state index in [9.17, 15) is 14.0 Å². The molecule has 0 heterocycles. The summed E-state index contributed by atoms with van der Waals surface area (Å²) in [5.41, 5.74) is 1.13. The van der Waals surface area contributed by atoms with Gasteiger partial charge in [-0.1, -0.05) is 29.8 Å². The van der Waals surface area contributed by atoms with Crippen molar-refractivity contribution in [3.63, 3.8) is 0 Å². The lowest BCUT2D eigenvalue weighted by molar-refractivity contribution is -0.152. The third-order valence-corrected chi connectivity index (χ3v) is 3.27. The van der Waals surface area contributed by atoms with E-state index in [1.807, 2.05) is 0 Å². The van der Waals surface area contributed by atoms with Crippen LogP contribution in [-0.2, 0) is 20.7 Å². The fourth-order valence-electron chi connectivity index (χ4n) is 1.87. The normalized spacial score (nSPS) is 11.6. The van der Waals surface area contributed by atoms with Gasteiger partial charge in [0.1, 0.15) is 5.82 Å². The second-order valence-corrected chi connectivity index (χ2v) is 5.37. The molecular weight excluding hydrogens is 321 g/mol. The number of halogens is 2. The molecule has 0 aliphatic rings. The standard InChI is InChI=1S/C17H15ClFNO3/c1-11(17(22)20-15-4-2-3-13(18)10-15)23-16(21)9-12-5-7-14(19)8-6-12/h2-8,10-11H,9H2,1H3,(H,20,22)/t11-/m0/s1. The first kappa shape index (κ1) is 17.0. The molecule has 1 N–H and O–H groups in total. The Morgan fingerprint density at radius 2 is 1.91 bits per heavy atom. The Hall–Kier alpha value is -2.40. The van der Waals surface area contributed by atoms with E-state index in [-0.39, 0.29) is 12.2 Å². The first-order valence-electron chi connectivity index (χ1n) is 6.94. The third-order valence-electron chi connectivity index (χ3n) is 3.03. The quantitative estimate of drug-likeness (QED) is 0.849. The van der Waals surface area contributed by atoms with Crippen molar-refractivity contribution in [3.05, 3.63) is 64.9 Å². The molecule has 2 aromatic rings. The molecule has 120 valence electrons. The number of esters is 1. The molecule has 0 unspecified atom stereocenters. The van der Waals surface area contributed by atoms with Crippen molar-refractivity contribution in [2.75, 3.05) is 5.32 Å². The minimum atomic E-state index is -0.957. The van der Waals surface area contributed by atoms with E-state index >= 15 is 0 Å². The largest absolute Gasteiger partial charge is 0.452 e. The van der Waals surface area contributed by atoms with Crippen molar-refractivity contribution in [2.45, 2.75) is 19.4 Å². The van der Waals surface area contributed by atoms with Crippen LogP contribution in [0.1, 0.15) is 12.5 Å². The number of nitrogens with one attached hydrogen (secondary N) is 1. The molecule has 0 saturated carbocycles. The Kier molecular flexibility index (Phi) is 5.71. The van der Waals surface area contributed by atoms with Gasteiger partial charge in [-0.25, -0.2) is 4.39 Å². The summed E-state index contributed by atoms with van der Waals surface area (Å²) in [6.45, 7) is 1.47. The van der Waals surface area contributed by atoms with Crippen LogP contribution in [0, 0.1) is 5.82 Å². The molecule has 0 aliphatic carbocycles. The van der Waals surface area contributed by atoms with Gasteiger partial charge in [0.2, 0.25) is 0 Å². The molecule has 0 aliphatic heterocycles. The zero-order valence-electron chi connectivity index (χ0n) is 12.4. The zero-order valence-corrected chi connectivity index (χ0v) is 13.1. The topological polar surface area (TPSA) is 55.4 Å². The zero-order chi connectivity index (χ0) is 16.8. The molecule has 2 rings (SSSR count). The van der Waals surface area contributed by atoms with Crippen molar-refractivity contribution in [3.8, 4) is 0 Å².